The molecule has 0 atom stereocenters. The molecule has 2 heterocycles. The van der Waals surface area contributed by atoms with Crippen molar-refractivity contribution in [2.24, 2.45) is 4.99 Å². The normalized spacial score (nSPS) is 25.5. The van der Waals surface area contributed by atoms with Crippen molar-refractivity contribution in [3.63, 3.8) is 0 Å². The lowest BCUT2D eigenvalue weighted by Gasteiger charge is -2.34. The first-order valence-corrected chi connectivity index (χ1v) is 4.75. The topological polar surface area (TPSA) is 15.6 Å². The van der Waals surface area contributed by atoms with Crippen molar-refractivity contribution < 1.29 is 0 Å². The predicted molar refractivity (Wildman–Crippen MR) is 47.0 cm³/mol. The summed E-state index contributed by atoms with van der Waals surface area (Å²) in [5.74, 6) is 1.38. The Balaban J connectivity index is 1.93. The molecule has 2 aliphatic rings. The Labute approximate surface area is 68.3 Å². The largest absolute Gasteiger partial charge is 0.360 e. The van der Waals surface area contributed by atoms with Crippen LogP contribution in [0.3, 0.4) is 0 Å². The van der Waals surface area contributed by atoms with Gasteiger partial charge in [0.15, 0.2) is 0 Å². The van der Waals surface area contributed by atoms with E-state index in [0.717, 1.165) is 6.54 Å². The smallest absolute Gasteiger partial charge is 0.101 e. The van der Waals surface area contributed by atoms with Gasteiger partial charge in [0.1, 0.15) is 5.84 Å². The van der Waals surface area contributed by atoms with E-state index in [9.17, 15) is 0 Å². The summed E-state index contributed by atoms with van der Waals surface area (Å²) in [6.07, 6.45) is 6.69. The first-order valence-electron chi connectivity index (χ1n) is 4.75. The molecule has 2 aliphatic heterocycles. The van der Waals surface area contributed by atoms with Gasteiger partial charge in [-0.25, -0.2) is 0 Å². The van der Waals surface area contributed by atoms with Crippen molar-refractivity contribution in [3.05, 3.63) is 0 Å². The molecule has 2 rings (SSSR count). The highest BCUT2D eigenvalue weighted by Crippen LogP contribution is 2.15. The van der Waals surface area contributed by atoms with Gasteiger partial charge in [0.05, 0.1) is 0 Å². The second-order valence-corrected chi connectivity index (χ2v) is 3.45. The van der Waals surface area contributed by atoms with Gasteiger partial charge in [0, 0.05) is 26.1 Å². The monoisotopic (exact) mass is 152 g/mol. The van der Waals surface area contributed by atoms with E-state index in [4.69, 9.17) is 0 Å². The maximum absolute atomic E-state index is 4.55. The number of amidine groups is 1. The van der Waals surface area contributed by atoms with Crippen LogP contribution in [0.2, 0.25) is 0 Å². The van der Waals surface area contributed by atoms with Gasteiger partial charge in [-0.15, -0.1) is 0 Å². The summed E-state index contributed by atoms with van der Waals surface area (Å²) in [5, 5.41) is 0. The van der Waals surface area contributed by atoms with E-state index < -0.39 is 0 Å². The zero-order valence-corrected chi connectivity index (χ0v) is 7.05. The van der Waals surface area contributed by atoms with E-state index in [1.165, 1.54) is 51.0 Å². The Morgan fingerprint density at radius 1 is 1.00 bits per heavy atom. The minimum absolute atomic E-state index is 1.08. The van der Waals surface area contributed by atoms with Crippen molar-refractivity contribution in [2.75, 3.05) is 19.6 Å². The quantitative estimate of drug-likeness (QED) is 0.515. The first kappa shape index (κ1) is 7.14. The van der Waals surface area contributed by atoms with Crippen LogP contribution in [0.5, 0.6) is 0 Å². The maximum atomic E-state index is 4.55. The summed E-state index contributed by atoms with van der Waals surface area (Å²) in [5.41, 5.74) is 0. The summed E-state index contributed by atoms with van der Waals surface area (Å²) < 4.78 is 0. The SMILES string of the molecule is C1CCCN2CCC2=NCC1. The van der Waals surface area contributed by atoms with Crippen molar-refractivity contribution >= 4 is 5.84 Å². The van der Waals surface area contributed by atoms with Gasteiger partial charge in [-0.3, -0.25) is 4.99 Å². The number of fused-ring (bicyclic) bond motifs is 1. The summed E-state index contributed by atoms with van der Waals surface area (Å²) in [4.78, 5) is 6.99. The Morgan fingerprint density at radius 3 is 2.73 bits per heavy atom. The summed E-state index contributed by atoms with van der Waals surface area (Å²) in [7, 11) is 0. The molecule has 1 saturated heterocycles. The van der Waals surface area contributed by atoms with Gasteiger partial charge < -0.3 is 4.90 Å². The molecular weight excluding hydrogens is 136 g/mol. The third-order valence-corrected chi connectivity index (χ3v) is 2.60. The van der Waals surface area contributed by atoms with Gasteiger partial charge in [0.2, 0.25) is 0 Å². The van der Waals surface area contributed by atoms with E-state index >= 15 is 0 Å². The summed E-state index contributed by atoms with van der Waals surface area (Å²) in [6.45, 7) is 3.60. The van der Waals surface area contributed by atoms with Crippen LogP contribution in [0, 0.1) is 0 Å². The van der Waals surface area contributed by atoms with Crippen LogP contribution in [0.25, 0.3) is 0 Å². The van der Waals surface area contributed by atoms with Crippen molar-refractivity contribution in [3.8, 4) is 0 Å². The fraction of sp³-hybridized carbons (Fsp3) is 0.889. The lowest BCUT2D eigenvalue weighted by atomic mass is 10.1. The molecule has 11 heavy (non-hydrogen) atoms. The average molecular weight is 152 g/mol. The van der Waals surface area contributed by atoms with E-state index in [2.05, 4.69) is 9.89 Å². The third-order valence-electron chi connectivity index (χ3n) is 2.60. The highest BCUT2D eigenvalue weighted by molar-refractivity contribution is 5.87. The van der Waals surface area contributed by atoms with Gasteiger partial charge in [-0.2, -0.15) is 0 Å². The number of rotatable bonds is 0. The summed E-state index contributed by atoms with van der Waals surface area (Å²) >= 11 is 0. The highest BCUT2D eigenvalue weighted by atomic mass is 15.2. The molecule has 0 radical (unpaired) electrons. The van der Waals surface area contributed by atoms with E-state index in [1.54, 1.807) is 0 Å². The lowest BCUT2D eigenvalue weighted by Crippen LogP contribution is -2.43. The molecule has 0 N–H and O–H groups in total. The van der Waals surface area contributed by atoms with E-state index in [-0.39, 0.29) is 0 Å². The van der Waals surface area contributed by atoms with Crippen LogP contribution in [0.15, 0.2) is 4.99 Å². The van der Waals surface area contributed by atoms with Crippen molar-refractivity contribution in [1.29, 1.82) is 0 Å². The molecule has 2 heteroatoms. The van der Waals surface area contributed by atoms with Crippen LogP contribution >= 0.6 is 0 Å². The Morgan fingerprint density at radius 2 is 1.91 bits per heavy atom. The zero-order chi connectivity index (χ0) is 7.52. The molecule has 0 aliphatic carbocycles. The molecule has 1 fully saturated rings. The van der Waals surface area contributed by atoms with Crippen LogP contribution in [-0.4, -0.2) is 30.4 Å². The van der Waals surface area contributed by atoms with Crippen LogP contribution < -0.4 is 0 Å². The van der Waals surface area contributed by atoms with Crippen molar-refractivity contribution in [1.82, 2.24) is 4.90 Å². The van der Waals surface area contributed by atoms with E-state index in [0.29, 0.717) is 0 Å². The number of aliphatic imine (C=N–C) groups is 1. The molecule has 0 spiro atoms. The van der Waals surface area contributed by atoms with Gasteiger partial charge >= 0.3 is 0 Å². The van der Waals surface area contributed by atoms with Crippen molar-refractivity contribution in [2.45, 2.75) is 32.1 Å². The van der Waals surface area contributed by atoms with E-state index in [1.807, 2.05) is 0 Å². The van der Waals surface area contributed by atoms with Crippen LogP contribution in [0.1, 0.15) is 32.1 Å². The molecule has 2 nitrogen and oxygen atoms in total. The number of hydrogen-bond acceptors (Lipinski definition) is 2. The van der Waals surface area contributed by atoms with Crippen LogP contribution in [0.4, 0.5) is 0 Å². The number of hydrogen-bond donors (Lipinski definition) is 0. The fourth-order valence-corrected chi connectivity index (χ4v) is 1.77. The Hall–Kier alpha value is -0.530. The van der Waals surface area contributed by atoms with Gasteiger partial charge in [-0.1, -0.05) is 12.8 Å². The zero-order valence-electron chi connectivity index (χ0n) is 7.05. The van der Waals surface area contributed by atoms with Crippen LogP contribution in [-0.2, 0) is 0 Å². The van der Waals surface area contributed by atoms with Gasteiger partial charge in [0.25, 0.3) is 0 Å². The molecule has 0 aromatic carbocycles. The minimum Gasteiger partial charge on any atom is -0.360 e. The lowest BCUT2D eigenvalue weighted by molar-refractivity contribution is 0.350. The fourth-order valence-electron chi connectivity index (χ4n) is 1.77. The molecule has 0 unspecified atom stereocenters. The minimum atomic E-state index is 1.08. The third kappa shape index (κ3) is 1.55. The molecular formula is C9H16N2. The molecule has 0 aromatic rings. The Bertz CT molecular complexity index is 163. The van der Waals surface area contributed by atoms with Gasteiger partial charge in [-0.05, 0) is 12.8 Å². The highest BCUT2D eigenvalue weighted by Gasteiger charge is 2.20. The molecule has 0 amide bonds. The second-order valence-electron chi connectivity index (χ2n) is 3.45. The maximum Gasteiger partial charge on any atom is 0.101 e. The number of nitrogens with zero attached hydrogens (tertiary/aromatic N) is 2. The molecule has 0 bridgehead atoms. The second kappa shape index (κ2) is 3.24. The molecule has 0 aromatic heterocycles. The molecule has 62 valence electrons. The molecule has 0 saturated carbocycles. The average Bonchev–Trinajstić information content (AvgIpc) is 2.04. The Kier molecular flexibility index (Phi) is 2.11. The predicted octanol–water partition coefficient (Wildman–Crippen LogP) is 1.66. The first-order chi connectivity index (χ1) is 5.47. The summed E-state index contributed by atoms with van der Waals surface area (Å²) in [6, 6.07) is 0. The standard InChI is InChI=1S/C9H16N2/c1-2-4-7-11-8-5-9(11)10-6-3-1/h1-8H2.